The van der Waals surface area contributed by atoms with E-state index in [2.05, 4.69) is 17.3 Å². The van der Waals surface area contributed by atoms with Crippen molar-refractivity contribution in [2.75, 3.05) is 12.8 Å². The van der Waals surface area contributed by atoms with E-state index in [-0.39, 0.29) is 30.0 Å². The number of carboxylic acid groups (broad SMARTS) is 1. The van der Waals surface area contributed by atoms with Gasteiger partial charge in [0.2, 0.25) is 0 Å². The van der Waals surface area contributed by atoms with Crippen LogP contribution < -0.4 is 11.1 Å². The molecule has 2 atom stereocenters. The molecule has 2 unspecified atom stereocenters. The highest BCUT2D eigenvalue weighted by molar-refractivity contribution is 6.45. The van der Waals surface area contributed by atoms with Crippen molar-refractivity contribution in [3.8, 4) is 11.1 Å². The number of benzene rings is 2. The molecule has 2 saturated heterocycles. The van der Waals surface area contributed by atoms with E-state index in [0.717, 1.165) is 24.0 Å². The average molecular weight is 426 g/mol. The number of carbonyl (C=O) groups is 2. The molecule has 164 valence electrons. The minimum atomic E-state index is -0.379. The molecule has 2 heterocycles. The number of anilines is 1. The van der Waals surface area contributed by atoms with Crippen LogP contribution in [0.4, 0.5) is 10.1 Å². The van der Waals surface area contributed by atoms with Gasteiger partial charge in [-0.2, -0.15) is 0 Å². The van der Waals surface area contributed by atoms with Gasteiger partial charge in [-0.1, -0.05) is 18.2 Å². The number of piperidine rings is 1. The Kier molecular flexibility index (Phi) is 7.02. The molecule has 0 aliphatic carbocycles. The summed E-state index contributed by atoms with van der Waals surface area (Å²) in [6.45, 7) is -0.250. The van der Waals surface area contributed by atoms with Gasteiger partial charge >= 0.3 is 0 Å². The quantitative estimate of drug-likeness (QED) is 0.340. The fourth-order valence-corrected chi connectivity index (χ4v) is 4.52. The van der Waals surface area contributed by atoms with E-state index in [1.807, 2.05) is 0 Å². The monoisotopic (exact) mass is 426 g/mol. The van der Waals surface area contributed by atoms with Gasteiger partial charge in [-0.25, -0.2) is 4.39 Å². The highest BCUT2D eigenvalue weighted by Gasteiger charge is 2.39. The zero-order chi connectivity index (χ0) is 22.5. The molecular formula is C23H27FN4O3. The lowest BCUT2D eigenvalue weighted by molar-refractivity contribution is -0.123. The van der Waals surface area contributed by atoms with Crippen LogP contribution in [-0.2, 0) is 9.59 Å². The maximum Gasteiger partial charge on any atom is 0.290 e. The van der Waals surface area contributed by atoms with Gasteiger partial charge in [0.15, 0.2) is 0 Å². The Labute approximate surface area is 180 Å². The van der Waals surface area contributed by atoms with Crippen molar-refractivity contribution in [1.29, 1.82) is 5.41 Å². The van der Waals surface area contributed by atoms with Crippen molar-refractivity contribution in [2.45, 2.75) is 43.8 Å². The maximum absolute atomic E-state index is 13.1. The molecule has 31 heavy (non-hydrogen) atoms. The molecule has 1 amide bonds. The Morgan fingerprint density at radius 2 is 1.71 bits per heavy atom. The van der Waals surface area contributed by atoms with Crippen LogP contribution in [0, 0.1) is 11.2 Å². The summed E-state index contributed by atoms with van der Waals surface area (Å²) in [6.07, 6.45) is 4.24. The maximum atomic E-state index is 13.1. The van der Waals surface area contributed by atoms with Crippen LogP contribution >= 0.6 is 0 Å². The first-order valence-corrected chi connectivity index (χ1v) is 10.2. The summed E-state index contributed by atoms with van der Waals surface area (Å²) >= 11 is 0. The third kappa shape index (κ3) is 5.08. The summed E-state index contributed by atoms with van der Waals surface area (Å²) in [5, 5.41) is 18.2. The van der Waals surface area contributed by atoms with E-state index in [4.69, 9.17) is 21.0 Å². The molecule has 5 N–H and O–H groups in total. The summed E-state index contributed by atoms with van der Waals surface area (Å²) < 4.78 is 13.1. The zero-order valence-corrected chi connectivity index (χ0v) is 17.3. The lowest BCUT2D eigenvalue weighted by Crippen LogP contribution is -2.50. The summed E-state index contributed by atoms with van der Waals surface area (Å²) in [5.74, 6) is -0.677. The van der Waals surface area contributed by atoms with Gasteiger partial charge < -0.3 is 21.1 Å². The standard InChI is InChI=1S/C22H25FN4O.CH2O2/c1-27-17-7-8-18(27)12-16(11-17)26-22(28)21(25)19-9-4-14(10-20(19)24)13-2-5-15(23)6-3-13;2-1-3/h2-6,9-10,16-18,25H,7-8,11-12,24H2,1H3,(H,26,28);1H,(H,2,3). The number of hydrogen-bond donors (Lipinski definition) is 4. The second-order valence-electron chi connectivity index (χ2n) is 7.98. The van der Waals surface area contributed by atoms with Crippen LogP contribution in [0.2, 0.25) is 0 Å². The van der Waals surface area contributed by atoms with Crippen LogP contribution in [0.25, 0.3) is 11.1 Å². The van der Waals surface area contributed by atoms with Crippen molar-refractivity contribution in [3.63, 3.8) is 0 Å². The summed E-state index contributed by atoms with van der Waals surface area (Å²) in [4.78, 5) is 23.4. The van der Waals surface area contributed by atoms with E-state index < -0.39 is 0 Å². The normalized spacial score (nSPS) is 22.2. The van der Waals surface area contributed by atoms with E-state index in [9.17, 15) is 9.18 Å². The Morgan fingerprint density at radius 3 is 2.26 bits per heavy atom. The Hall–Kier alpha value is -3.26. The van der Waals surface area contributed by atoms with Crippen LogP contribution in [0.1, 0.15) is 31.2 Å². The van der Waals surface area contributed by atoms with Gasteiger partial charge in [-0.15, -0.1) is 0 Å². The Balaban J connectivity index is 0.000000858. The Bertz CT molecular complexity index is 950. The molecule has 2 aliphatic rings. The van der Waals surface area contributed by atoms with Crippen molar-refractivity contribution < 1.29 is 19.1 Å². The molecule has 4 rings (SSSR count). The van der Waals surface area contributed by atoms with Crippen LogP contribution in [0.15, 0.2) is 42.5 Å². The van der Waals surface area contributed by atoms with Gasteiger partial charge in [0.25, 0.3) is 12.4 Å². The van der Waals surface area contributed by atoms with Crippen molar-refractivity contribution in [2.24, 2.45) is 0 Å². The molecule has 2 aliphatic heterocycles. The molecule has 2 aromatic carbocycles. The first-order chi connectivity index (χ1) is 14.8. The third-order valence-corrected chi connectivity index (χ3v) is 6.16. The molecule has 0 aromatic heterocycles. The lowest BCUT2D eigenvalue weighted by atomic mass is 9.96. The second kappa shape index (κ2) is 9.70. The molecular weight excluding hydrogens is 399 g/mol. The van der Waals surface area contributed by atoms with E-state index >= 15 is 0 Å². The van der Waals surface area contributed by atoms with E-state index in [1.54, 1.807) is 30.3 Å². The highest BCUT2D eigenvalue weighted by Crippen LogP contribution is 2.34. The van der Waals surface area contributed by atoms with Gasteiger partial charge in [0, 0.05) is 29.4 Å². The van der Waals surface area contributed by atoms with Crippen molar-refractivity contribution >= 4 is 23.8 Å². The molecule has 0 spiro atoms. The zero-order valence-electron chi connectivity index (χ0n) is 17.3. The van der Waals surface area contributed by atoms with Gasteiger partial charge in [0.1, 0.15) is 11.5 Å². The van der Waals surface area contributed by atoms with Crippen LogP contribution in [-0.4, -0.2) is 53.3 Å². The molecule has 2 aromatic rings. The van der Waals surface area contributed by atoms with E-state index in [0.29, 0.717) is 23.3 Å². The second-order valence-corrected chi connectivity index (χ2v) is 7.98. The van der Waals surface area contributed by atoms with Crippen molar-refractivity contribution in [3.05, 3.63) is 53.8 Å². The predicted molar refractivity (Wildman–Crippen MR) is 118 cm³/mol. The number of hydrogen-bond acceptors (Lipinski definition) is 5. The topological polar surface area (TPSA) is 120 Å². The molecule has 0 radical (unpaired) electrons. The minimum absolute atomic E-state index is 0.112. The van der Waals surface area contributed by atoms with Crippen molar-refractivity contribution in [1.82, 2.24) is 10.2 Å². The van der Waals surface area contributed by atoms with E-state index in [1.165, 1.54) is 25.0 Å². The number of nitrogen functional groups attached to an aromatic ring is 1. The first-order valence-electron chi connectivity index (χ1n) is 10.2. The summed E-state index contributed by atoms with van der Waals surface area (Å²) in [7, 11) is 2.16. The summed E-state index contributed by atoms with van der Waals surface area (Å²) in [5.41, 5.74) is 8.45. The molecule has 2 bridgehead atoms. The van der Waals surface area contributed by atoms with Gasteiger partial charge in [-0.3, -0.25) is 15.0 Å². The largest absolute Gasteiger partial charge is 0.483 e. The minimum Gasteiger partial charge on any atom is -0.483 e. The Morgan fingerprint density at radius 1 is 1.16 bits per heavy atom. The predicted octanol–water partition coefficient (Wildman–Crippen LogP) is 2.88. The van der Waals surface area contributed by atoms with Crippen LogP contribution in [0.3, 0.4) is 0 Å². The van der Waals surface area contributed by atoms with Crippen LogP contribution in [0.5, 0.6) is 0 Å². The molecule has 0 saturated carbocycles. The average Bonchev–Trinajstić information content (AvgIpc) is 2.95. The highest BCUT2D eigenvalue weighted by atomic mass is 19.1. The molecule has 8 heteroatoms. The van der Waals surface area contributed by atoms with Gasteiger partial charge in [-0.05, 0) is 68.1 Å². The lowest BCUT2D eigenvalue weighted by Gasteiger charge is -2.36. The number of carbonyl (C=O) groups excluding carboxylic acids is 1. The van der Waals surface area contributed by atoms with Gasteiger partial charge in [0.05, 0.1) is 0 Å². The first kappa shape index (κ1) is 22.4. The molecule has 2 fully saturated rings. The SMILES string of the molecule is CN1C2CCC1CC(NC(=O)C(=N)c1ccc(-c3ccc(F)cc3)cc1N)C2.O=CO. The summed E-state index contributed by atoms with van der Waals surface area (Å²) in [6, 6.07) is 12.5. The third-order valence-electron chi connectivity index (χ3n) is 6.16. The number of nitrogens with zero attached hydrogens (tertiary/aromatic N) is 1. The number of halogens is 1. The number of amides is 1. The number of nitrogens with two attached hydrogens (primary N) is 1. The fraction of sp³-hybridized carbons (Fsp3) is 0.348. The molecule has 7 nitrogen and oxygen atoms in total. The number of nitrogens with one attached hydrogen (secondary N) is 2. The smallest absolute Gasteiger partial charge is 0.290 e. The fourth-order valence-electron chi connectivity index (χ4n) is 4.52. The number of rotatable bonds is 4. The number of fused-ring (bicyclic) bond motifs is 2.